The first-order chi connectivity index (χ1) is 13.5. The summed E-state index contributed by atoms with van der Waals surface area (Å²) >= 11 is 6.08. The van der Waals surface area contributed by atoms with Crippen LogP contribution in [0.2, 0.25) is 5.02 Å². The van der Waals surface area contributed by atoms with Gasteiger partial charge in [-0.05, 0) is 55.7 Å². The van der Waals surface area contributed by atoms with E-state index in [0.717, 1.165) is 24.1 Å². The molecule has 3 N–H and O–H groups in total. The third-order valence-corrected chi connectivity index (χ3v) is 5.47. The highest BCUT2D eigenvalue weighted by Gasteiger charge is 2.16. The Bertz CT molecular complexity index is 847. The van der Waals surface area contributed by atoms with E-state index >= 15 is 0 Å². The summed E-state index contributed by atoms with van der Waals surface area (Å²) in [6.07, 6.45) is 5.70. The number of amides is 2. The number of halogens is 1. The Morgan fingerprint density at radius 2 is 1.82 bits per heavy atom. The average molecular weight is 400 g/mol. The van der Waals surface area contributed by atoms with E-state index in [9.17, 15) is 9.59 Å². The van der Waals surface area contributed by atoms with Gasteiger partial charge >= 0.3 is 0 Å². The molecule has 0 heterocycles. The van der Waals surface area contributed by atoms with Crippen LogP contribution in [0.3, 0.4) is 0 Å². The van der Waals surface area contributed by atoms with E-state index < -0.39 is 0 Å². The number of nitrogens with one attached hydrogen (secondary N) is 3. The van der Waals surface area contributed by atoms with Gasteiger partial charge in [-0.2, -0.15) is 0 Å². The molecule has 0 spiro atoms. The van der Waals surface area contributed by atoms with Crippen molar-refractivity contribution in [3.8, 4) is 0 Å². The standard InChI is InChI=1S/C22H26ClN3O2/c1-15-19(23)11-6-12-20(15)26-21(27)14-24-18-10-5-7-16(13-18)22(28)25-17-8-3-2-4-9-17/h5-7,10-13,17,24H,2-4,8-9,14H2,1H3,(H,25,28)(H,26,27). The molecule has 0 unspecified atom stereocenters. The molecule has 0 atom stereocenters. The van der Waals surface area contributed by atoms with Gasteiger partial charge in [0, 0.05) is 28.0 Å². The van der Waals surface area contributed by atoms with Crippen LogP contribution in [0.1, 0.15) is 48.0 Å². The first-order valence-electron chi connectivity index (χ1n) is 9.72. The fourth-order valence-corrected chi connectivity index (χ4v) is 3.58. The molecule has 3 rings (SSSR count). The van der Waals surface area contributed by atoms with Gasteiger partial charge in [-0.15, -0.1) is 0 Å². The summed E-state index contributed by atoms with van der Waals surface area (Å²) in [5, 5.41) is 9.65. The highest BCUT2D eigenvalue weighted by atomic mass is 35.5. The zero-order chi connectivity index (χ0) is 19.9. The lowest BCUT2D eigenvalue weighted by atomic mass is 9.95. The predicted octanol–water partition coefficient (Wildman–Crippen LogP) is 4.76. The molecule has 2 amide bonds. The summed E-state index contributed by atoms with van der Waals surface area (Å²) in [5.74, 6) is -0.239. The third-order valence-electron chi connectivity index (χ3n) is 5.06. The number of rotatable bonds is 6. The van der Waals surface area contributed by atoms with Gasteiger partial charge in [-0.25, -0.2) is 0 Å². The van der Waals surface area contributed by atoms with Crippen LogP contribution in [0.4, 0.5) is 11.4 Å². The van der Waals surface area contributed by atoms with Crippen molar-refractivity contribution in [2.45, 2.75) is 45.1 Å². The van der Waals surface area contributed by atoms with Crippen LogP contribution in [0.15, 0.2) is 42.5 Å². The molecule has 148 valence electrons. The molecule has 1 aliphatic rings. The third kappa shape index (κ3) is 5.49. The van der Waals surface area contributed by atoms with Crippen molar-refractivity contribution >= 4 is 34.8 Å². The van der Waals surface area contributed by atoms with Crippen LogP contribution in [0, 0.1) is 6.92 Å². The Hall–Kier alpha value is -2.53. The molecule has 0 bridgehead atoms. The molecule has 0 radical (unpaired) electrons. The van der Waals surface area contributed by atoms with Gasteiger partial charge < -0.3 is 16.0 Å². The minimum absolute atomic E-state index is 0.0606. The van der Waals surface area contributed by atoms with Gasteiger partial charge in [0.15, 0.2) is 0 Å². The fraction of sp³-hybridized carbons (Fsp3) is 0.364. The molecule has 0 aromatic heterocycles. The molecule has 28 heavy (non-hydrogen) atoms. The van der Waals surface area contributed by atoms with Crippen LogP contribution >= 0.6 is 11.6 Å². The molecule has 2 aromatic carbocycles. The number of carbonyl (C=O) groups is 2. The number of carbonyl (C=O) groups excluding carboxylic acids is 2. The minimum atomic E-state index is -0.178. The van der Waals surface area contributed by atoms with E-state index in [1.165, 1.54) is 19.3 Å². The van der Waals surface area contributed by atoms with Crippen LogP contribution in [0.25, 0.3) is 0 Å². The summed E-state index contributed by atoms with van der Waals surface area (Å²) in [7, 11) is 0. The first kappa shape index (κ1) is 20.2. The Morgan fingerprint density at radius 1 is 1.07 bits per heavy atom. The fourth-order valence-electron chi connectivity index (χ4n) is 3.41. The second-order valence-corrected chi connectivity index (χ2v) is 7.61. The summed E-state index contributed by atoms with van der Waals surface area (Å²) in [6, 6.07) is 12.9. The molecule has 1 fully saturated rings. The van der Waals surface area contributed by atoms with Gasteiger partial charge in [0.2, 0.25) is 5.91 Å². The monoisotopic (exact) mass is 399 g/mol. The van der Waals surface area contributed by atoms with Crippen molar-refractivity contribution in [3.63, 3.8) is 0 Å². The lowest BCUT2D eigenvalue weighted by Gasteiger charge is -2.22. The highest BCUT2D eigenvalue weighted by molar-refractivity contribution is 6.31. The van der Waals surface area contributed by atoms with Crippen molar-refractivity contribution < 1.29 is 9.59 Å². The highest BCUT2D eigenvalue weighted by Crippen LogP contribution is 2.23. The van der Waals surface area contributed by atoms with Crippen molar-refractivity contribution in [1.82, 2.24) is 5.32 Å². The van der Waals surface area contributed by atoms with E-state index in [1.54, 1.807) is 24.3 Å². The molecule has 6 heteroatoms. The number of benzene rings is 2. The van der Waals surface area contributed by atoms with E-state index in [1.807, 2.05) is 25.1 Å². The van der Waals surface area contributed by atoms with Crippen molar-refractivity contribution in [3.05, 3.63) is 58.6 Å². The van der Waals surface area contributed by atoms with Gasteiger partial charge in [0.25, 0.3) is 5.91 Å². The van der Waals surface area contributed by atoms with Crippen molar-refractivity contribution in [2.24, 2.45) is 0 Å². The largest absolute Gasteiger partial charge is 0.376 e. The summed E-state index contributed by atoms with van der Waals surface area (Å²) in [6.45, 7) is 1.96. The maximum Gasteiger partial charge on any atom is 0.251 e. The summed E-state index contributed by atoms with van der Waals surface area (Å²) < 4.78 is 0. The van der Waals surface area contributed by atoms with Crippen molar-refractivity contribution in [1.29, 1.82) is 0 Å². The first-order valence-corrected chi connectivity index (χ1v) is 10.1. The zero-order valence-electron chi connectivity index (χ0n) is 16.1. The number of anilines is 2. The maximum absolute atomic E-state index is 12.5. The molecule has 1 aliphatic carbocycles. The van der Waals surface area contributed by atoms with E-state index in [4.69, 9.17) is 11.6 Å². The van der Waals surface area contributed by atoms with Gasteiger partial charge in [0.1, 0.15) is 0 Å². The van der Waals surface area contributed by atoms with Crippen LogP contribution in [-0.2, 0) is 4.79 Å². The molecule has 2 aromatic rings. The lowest BCUT2D eigenvalue weighted by molar-refractivity contribution is -0.114. The normalized spacial score (nSPS) is 14.4. The molecule has 1 saturated carbocycles. The molecule has 5 nitrogen and oxygen atoms in total. The molecule has 0 saturated heterocycles. The predicted molar refractivity (Wildman–Crippen MR) is 114 cm³/mol. The van der Waals surface area contributed by atoms with Gasteiger partial charge in [-0.1, -0.05) is 43.0 Å². The van der Waals surface area contributed by atoms with Gasteiger partial charge in [-0.3, -0.25) is 9.59 Å². The topological polar surface area (TPSA) is 70.2 Å². The maximum atomic E-state index is 12.5. The number of hydrogen-bond donors (Lipinski definition) is 3. The van der Waals surface area contributed by atoms with Crippen LogP contribution in [0.5, 0.6) is 0 Å². The van der Waals surface area contributed by atoms with Crippen LogP contribution in [-0.4, -0.2) is 24.4 Å². The molecule has 0 aliphatic heterocycles. The smallest absolute Gasteiger partial charge is 0.251 e. The van der Waals surface area contributed by atoms with Crippen molar-refractivity contribution in [2.75, 3.05) is 17.2 Å². The molecular formula is C22H26ClN3O2. The van der Waals surface area contributed by atoms with Crippen LogP contribution < -0.4 is 16.0 Å². The zero-order valence-corrected chi connectivity index (χ0v) is 16.8. The second kappa shape index (κ2) is 9.60. The quantitative estimate of drug-likeness (QED) is 0.655. The van der Waals surface area contributed by atoms with E-state index in [-0.39, 0.29) is 24.4 Å². The van der Waals surface area contributed by atoms with E-state index in [2.05, 4.69) is 16.0 Å². The molecular weight excluding hydrogens is 374 g/mol. The Balaban J connectivity index is 1.54. The Kier molecular flexibility index (Phi) is 6.93. The Morgan fingerprint density at radius 3 is 2.61 bits per heavy atom. The lowest BCUT2D eigenvalue weighted by Crippen LogP contribution is -2.36. The van der Waals surface area contributed by atoms with E-state index in [0.29, 0.717) is 16.3 Å². The summed E-state index contributed by atoms with van der Waals surface area (Å²) in [5.41, 5.74) is 2.86. The number of hydrogen-bond acceptors (Lipinski definition) is 3. The average Bonchev–Trinajstić information content (AvgIpc) is 2.71. The SMILES string of the molecule is Cc1c(Cl)cccc1NC(=O)CNc1cccc(C(=O)NC2CCCCC2)c1. The van der Waals surface area contributed by atoms with Gasteiger partial charge in [0.05, 0.1) is 6.54 Å². The summed E-state index contributed by atoms with van der Waals surface area (Å²) in [4.78, 5) is 24.7. The minimum Gasteiger partial charge on any atom is -0.376 e. The second-order valence-electron chi connectivity index (χ2n) is 7.20. The Labute approximate surface area is 170 Å².